The number of amides is 2. The Balaban J connectivity index is 1.63. The van der Waals surface area contributed by atoms with Crippen molar-refractivity contribution >= 4 is 40.6 Å². The average Bonchev–Trinajstić information content (AvgIpc) is 2.61. The van der Waals surface area contributed by atoms with Crippen molar-refractivity contribution in [3.8, 4) is 0 Å². The van der Waals surface area contributed by atoms with Crippen LogP contribution in [0.4, 0.5) is 11.4 Å². The molecule has 8 nitrogen and oxygen atoms in total. The lowest BCUT2D eigenvalue weighted by Crippen LogP contribution is -2.20. The standard InChI is InChI=1S/C18H17N5O3S/c1-11-7-8-23-15(9-11)21-17(22-18(23)26)27-10-16(25)20-14-5-3-13(4-6-14)19-12(2)24/h3-9H,10H2,1-2H3,(H,19,24)(H,20,25). The Morgan fingerprint density at radius 3 is 2.41 bits per heavy atom. The molecule has 3 aromatic rings. The highest BCUT2D eigenvalue weighted by Gasteiger charge is 2.09. The summed E-state index contributed by atoms with van der Waals surface area (Å²) in [7, 11) is 0. The van der Waals surface area contributed by atoms with Gasteiger partial charge < -0.3 is 10.6 Å². The van der Waals surface area contributed by atoms with Gasteiger partial charge in [-0.05, 0) is 48.9 Å². The molecule has 0 bridgehead atoms. The maximum atomic E-state index is 12.1. The molecular weight excluding hydrogens is 366 g/mol. The van der Waals surface area contributed by atoms with Crippen LogP contribution < -0.4 is 16.3 Å². The number of hydrogen-bond acceptors (Lipinski definition) is 6. The number of anilines is 2. The summed E-state index contributed by atoms with van der Waals surface area (Å²) in [6, 6.07) is 10.4. The van der Waals surface area contributed by atoms with E-state index in [9.17, 15) is 14.4 Å². The van der Waals surface area contributed by atoms with E-state index in [4.69, 9.17) is 0 Å². The van der Waals surface area contributed by atoms with Gasteiger partial charge in [0.2, 0.25) is 11.8 Å². The molecule has 2 amide bonds. The Labute approximate surface area is 159 Å². The first kappa shape index (κ1) is 18.6. The lowest BCUT2D eigenvalue weighted by molar-refractivity contribution is -0.114. The minimum absolute atomic E-state index is 0.0644. The first-order chi connectivity index (χ1) is 12.9. The van der Waals surface area contributed by atoms with E-state index in [2.05, 4.69) is 20.6 Å². The van der Waals surface area contributed by atoms with Crippen LogP contribution in [0.1, 0.15) is 12.5 Å². The number of fused-ring (bicyclic) bond motifs is 1. The second-order valence-electron chi connectivity index (χ2n) is 5.82. The predicted octanol–water partition coefficient (Wildman–Crippen LogP) is 2.09. The van der Waals surface area contributed by atoms with Crippen LogP contribution in [0.15, 0.2) is 52.5 Å². The average molecular weight is 383 g/mol. The fourth-order valence-corrected chi connectivity index (χ4v) is 2.96. The van der Waals surface area contributed by atoms with Gasteiger partial charge in [0.1, 0.15) is 5.65 Å². The monoisotopic (exact) mass is 383 g/mol. The van der Waals surface area contributed by atoms with Crippen LogP contribution in [0.2, 0.25) is 0 Å². The minimum atomic E-state index is -0.434. The summed E-state index contributed by atoms with van der Waals surface area (Å²) in [4.78, 5) is 43.3. The molecule has 138 valence electrons. The van der Waals surface area contributed by atoms with Gasteiger partial charge in [0.05, 0.1) is 5.75 Å². The van der Waals surface area contributed by atoms with E-state index < -0.39 is 5.69 Å². The molecule has 2 heterocycles. The van der Waals surface area contributed by atoms with Gasteiger partial charge in [0.15, 0.2) is 5.16 Å². The molecule has 0 atom stereocenters. The second kappa shape index (κ2) is 8.00. The summed E-state index contributed by atoms with van der Waals surface area (Å²) in [5.41, 5.74) is 2.28. The molecule has 3 rings (SSSR count). The molecule has 9 heteroatoms. The molecule has 0 aliphatic rings. The van der Waals surface area contributed by atoms with Crippen molar-refractivity contribution < 1.29 is 9.59 Å². The Morgan fingerprint density at radius 1 is 1.07 bits per heavy atom. The summed E-state index contributed by atoms with van der Waals surface area (Å²) >= 11 is 1.09. The number of benzene rings is 1. The highest BCUT2D eigenvalue weighted by Crippen LogP contribution is 2.16. The summed E-state index contributed by atoms with van der Waals surface area (Å²) in [5, 5.41) is 5.65. The highest BCUT2D eigenvalue weighted by molar-refractivity contribution is 7.99. The van der Waals surface area contributed by atoms with Gasteiger partial charge in [-0.2, -0.15) is 4.98 Å². The zero-order valence-corrected chi connectivity index (χ0v) is 15.5. The molecule has 2 N–H and O–H groups in total. The Morgan fingerprint density at radius 2 is 1.74 bits per heavy atom. The molecule has 0 unspecified atom stereocenters. The number of pyridine rings is 1. The molecule has 0 saturated heterocycles. The van der Waals surface area contributed by atoms with Crippen LogP contribution >= 0.6 is 11.8 Å². The van der Waals surface area contributed by atoms with Crippen LogP contribution in [0.25, 0.3) is 5.65 Å². The van der Waals surface area contributed by atoms with Crippen molar-refractivity contribution in [1.29, 1.82) is 0 Å². The molecule has 1 aromatic carbocycles. The van der Waals surface area contributed by atoms with Gasteiger partial charge in [0.25, 0.3) is 0 Å². The summed E-state index contributed by atoms with van der Waals surface area (Å²) in [6.45, 7) is 3.33. The lowest BCUT2D eigenvalue weighted by atomic mass is 10.3. The third-order valence-corrected chi connectivity index (χ3v) is 4.37. The fourth-order valence-electron chi connectivity index (χ4n) is 2.33. The van der Waals surface area contributed by atoms with E-state index >= 15 is 0 Å². The lowest BCUT2D eigenvalue weighted by Gasteiger charge is -2.07. The van der Waals surface area contributed by atoms with Crippen LogP contribution in [0, 0.1) is 6.92 Å². The number of hydrogen-bond donors (Lipinski definition) is 2. The SMILES string of the molecule is CC(=O)Nc1ccc(NC(=O)CSc2nc(=O)n3ccc(C)cc3n2)cc1. The van der Waals surface area contributed by atoms with Crippen molar-refractivity contribution in [2.45, 2.75) is 19.0 Å². The molecule has 0 aliphatic heterocycles. The van der Waals surface area contributed by atoms with E-state index in [0.29, 0.717) is 17.0 Å². The van der Waals surface area contributed by atoms with Crippen molar-refractivity contribution in [1.82, 2.24) is 14.4 Å². The van der Waals surface area contributed by atoms with Gasteiger partial charge in [0, 0.05) is 24.5 Å². The van der Waals surface area contributed by atoms with Gasteiger partial charge in [-0.25, -0.2) is 9.78 Å². The Kier molecular flexibility index (Phi) is 5.51. The number of aryl methyl sites for hydroxylation is 1. The maximum absolute atomic E-state index is 12.1. The normalized spacial score (nSPS) is 10.6. The number of carbonyl (C=O) groups excluding carboxylic acids is 2. The van der Waals surface area contributed by atoms with Crippen molar-refractivity contribution in [3.63, 3.8) is 0 Å². The first-order valence-corrected chi connectivity index (χ1v) is 9.06. The molecule has 27 heavy (non-hydrogen) atoms. The largest absolute Gasteiger partial charge is 0.355 e. The van der Waals surface area contributed by atoms with E-state index in [1.165, 1.54) is 11.3 Å². The van der Waals surface area contributed by atoms with E-state index in [-0.39, 0.29) is 22.7 Å². The molecule has 0 saturated carbocycles. The topological polar surface area (TPSA) is 105 Å². The van der Waals surface area contributed by atoms with Crippen LogP contribution in [0.3, 0.4) is 0 Å². The van der Waals surface area contributed by atoms with Gasteiger partial charge in [-0.1, -0.05) is 11.8 Å². The molecule has 0 aliphatic carbocycles. The van der Waals surface area contributed by atoms with E-state index in [1.54, 1.807) is 42.6 Å². The molecular formula is C18H17N5O3S. The summed E-state index contributed by atoms with van der Waals surface area (Å²) in [5.74, 6) is -0.348. The Bertz CT molecular complexity index is 1060. The Hall–Kier alpha value is -3.20. The molecule has 2 aromatic heterocycles. The zero-order valence-electron chi connectivity index (χ0n) is 14.7. The van der Waals surface area contributed by atoms with Crippen molar-refractivity contribution in [2.24, 2.45) is 0 Å². The predicted molar refractivity (Wildman–Crippen MR) is 104 cm³/mol. The molecule has 0 spiro atoms. The van der Waals surface area contributed by atoms with Gasteiger partial charge in [-0.3, -0.25) is 14.0 Å². The van der Waals surface area contributed by atoms with Crippen LogP contribution in [0.5, 0.6) is 0 Å². The van der Waals surface area contributed by atoms with Crippen molar-refractivity contribution in [2.75, 3.05) is 16.4 Å². The zero-order chi connectivity index (χ0) is 19.4. The summed E-state index contributed by atoms with van der Waals surface area (Å²) < 4.78 is 1.35. The highest BCUT2D eigenvalue weighted by atomic mass is 32.2. The van der Waals surface area contributed by atoms with Gasteiger partial charge in [-0.15, -0.1) is 0 Å². The third kappa shape index (κ3) is 4.91. The second-order valence-corrected chi connectivity index (χ2v) is 6.76. The third-order valence-electron chi connectivity index (χ3n) is 3.52. The van der Waals surface area contributed by atoms with E-state index in [1.807, 2.05) is 6.92 Å². The number of rotatable bonds is 5. The number of thioether (sulfide) groups is 1. The molecule has 0 fully saturated rings. The quantitative estimate of drug-likeness (QED) is 0.654. The maximum Gasteiger partial charge on any atom is 0.355 e. The number of carbonyl (C=O) groups is 2. The van der Waals surface area contributed by atoms with Gasteiger partial charge >= 0.3 is 5.69 Å². The minimum Gasteiger partial charge on any atom is -0.326 e. The van der Waals surface area contributed by atoms with E-state index in [0.717, 1.165) is 17.3 Å². The molecule has 0 radical (unpaired) electrons. The van der Waals surface area contributed by atoms with Crippen LogP contribution in [-0.2, 0) is 9.59 Å². The smallest absolute Gasteiger partial charge is 0.326 e. The fraction of sp³-hybridized carbons (Fsp3) is 0.167. The van der Waals surface area contributed by atoms with Crippen LogP contribution in [-0.4, -0.2) is 31.9 Å². The summed E-state index contributed by atoms with van der Waals surface area (Å²) in [6.07, 6.45) is 1.62. The number of nitrogens with one attached hydrogen (secondary N) is 2. The number of aromatic nitrogens is 3. The first-order valence-electron chi connectivity index (χ1n) is 8.08. The number of nitrogens with zero attached hydrogens (tertiary/aromatic N) is 3. The van der Waals surface area contributed by atoms with Crippen molar-refractivity contribution in [3.05, 3.63) is 58.6 Å².